The lowest BCUT2D eigenvalue weighted by Gasteiger charge is -2.16. The van der Waals surface area contributed by atoms with Gasteiger partial charge in [-0.05, 0) is 25.5 Å². The van der Waals surface area contributed by atoms with Gasteiger partial charge in [-0.15, -0.1) is 0 Å². The van der Waals surface area contributed by atoms with Crippen molar-refractivity contribution >= 4 is 5.78 Å². The van der Waals surface area contributed by atoms with Crippen LogP contribution in [0, 0.1) is 0 Å². The smallest absolute Gasteiger partial charge is 0.147 e. The molecule has 74 valence electrons. The van der Waals surface area contributed by atoms with Crippen LogP contribution in [0.2, 0.25) is 0 Å². The average molecular weight is 189 g/mol. The minimum Gasteiger partial charge on any atom is -0.307 e. The molecule has 0 unspecified atom stereocenters. The molecule has 2 atom stereocenters. The van der Waals surface area contributed by atoms with Crippen LogP contribution in [0.3, 0.4) is 0 Å². The van der Waals surface area contributed by atoms with Crippen LogP contribution in [0.15, 0.2) is 30.3 Å². The molecular formula is C12H15NO. The van der Waals surface area contributed by atoms with Gasteiger partial charge in [0.2, 0.25) is 0 Å². The molecule has 0 saturated carbocycles. The molecule has 1 heterocycles. The van der Waals surface area contributed by atoms with Gasteiger partial charge in [0.15, 0.2) is 0 Å². The Bertz CT molecular complexity index is 320. The second-order valence-electron chi connectivity index (χ2n) is 3.85. The van der Waals surface area contributed by atoms with E-state index < -0.39 is 0 Å². The number of Topliss-reactive ketones (excluding diaryl/α,β-unsaturated/α-hetero) is 1. The van der Waals surface area contributed by atoms with Crippen LogP contribution in [0.4, 0.5) is 0 Å². The fourth-order valence-electron chi connectivity index (χ4n) is 2.19. The van der Waals surface area contributed by atoms with E-state index in [1.807, 2.05) is 18.2 Å². The number of nitrogens with one attached hydrogen (secondary N) is 1. The zero-order valence-corrected chi connectivity index (χ0v) is 8.36. The standard InChI is InChI=1S/C12H15NO/c1-9(14)12-11(7-8-13-12)10-5-3-2-4-6-10/h2-6,11-13H,7-8H2,1H3/t11-,12+/m0/s1. The van der Waals surface area contributed by atoms with Crippen LogP contribution in [0.25, 0.3) is 0 Å². The maximum Gasteiger partial charge on any atom is 0.147 e. The van der Waals surface area contributed by atoms with Crippen molar-refractivity contribution in [2.45, 2.75) is 25.3 Å². The summed E-state index contributed by atoms with van der Waals surface area (Å²) in [6.45, 7) is 2.61. The third-order valence-electron chi connectivity index (χ3n) is 2.89. The molecule has 2 rings (SSSR count). The van der Waals surface area contributed by atoms with Gasteiger partial charge in [-0.3, -0.25) is 4.79 Å². The van der Waals surface area contributed by atoms with E-state index in [-0.39, 0.29) is 11.8 Å². The van der Waals surface area contributed by atoms with E-state index in [0.717, 1.165) is 13.0 Å². The van der Waals surface area contributed by atoms with E-state index in [2.05, 4.69) is 17.4 Å². The largest absolute Gasteiger partial charge is 0.307 e. The highest BCUT2D eigenvalue weighted by Gasteiger charge is 2.30. The Labute approximate surface area is 84.3 Å². The van der Waals surface area contributed by atoms with Gasteiger partial charge in [0.1, 0.15) is 5.78 Å². The van der Waals surface area contributed by atoms with Crippen LogP contribution in [0.1, 0.15) is 24.8 Å². The summed E-state index contributed by atoms with van der Waals surface area (Å²) in [4.78, 5) is 11.4. The third kappa shape index (κ3) is 1.70. The minimum absolute atomic E-state index is 0.0254. The topological polar surface area (TPSA) is 29.1 Å². The van der Waals surface area contributed by atoms with Crippen molar-refractivity contribution in [2.75, 3.05) is 6.54 Å². The number of benzene rings is 1. The summed E-state index contributed by atoms with van der Waals surface area (Å²) in [6, 6.07) is 10.3. The van der Waals surface area contributed by atoms with Gasteiger partial charge in [-0.25, -0.2) is 0 Å². The molecule has 1 fully saturated rings. The zero-order valence-electron chi connectivity index (χ0n) is 8.36. The van der Waals surface area contributed by atoms with E-state index in [9.17, 15) is 4.79 Å². The highest BCUT2D eigenvalue weighted by atomic mass is 16.1. The molecule has 0 aromatic heterocycles. The van der Waals surface area contributed by atoms with Crippen LogP contribution < -0.4 is 5.32 Å². The molecular weight excluding hydrogens is 174 g/mol. The first-order chi connectivity index (χ1) is 6.79. The highest BCUT2D eigenvalue weighted by molar-refractivity contribution is 5.83. The second kappa shape index (κ2) is 3.93. The summed E-state index contributed by atoms with van der Waals surface area (Å²) in [6.07, 6.45) is 1.06. The van der Waals surface area contributed by atoms with E-state index in [1.165, 1.54) is 5.56 Å². The molecule has 0 bridgehead atoms. The first kappa shape index (κ1) is 9.41. The fourth-order valence-corrected chi connectivity index (χ4v) is 2.19. The zero-order chi connectivity index (χ0) is 9.97. The van der Waals surface area contributed by atoms with E-state index >= 15 is 0 Å². The van der Waals surface area contributed by atoms with Crippen LogP contribution in [-0.2, 0) is 4.79 Å². The lowest BCUT2D eigenvalue weighted by Crippen LogP contribution is -2.32. The van der Waals surface area contributed by atoms with Crippen molar-refractivity contribution in [1.29, 1.82) is 0 Å². The monoisotopic (exact) mass is 189 g/mol. The predicted molar refractivity (Wildman–Crippen MR) is 56.3 cm³/mol. The van der Waals surface area contributed by atoms with Gasteiger partial charge in [0, 0.05) is 5.92 Å². The number of hydrogen-bond acceptors (Lipinski definition) is 2. The van der Waals surface area contributed by atoms with Gasteiger partial charge < -0.3 is 5.32 Å². The first-order valence-corrected chi connectivity index (χ1v) is 5.08. The number of carbonyl (C=O) groups is 1. The molecule has 0 aliphatic carbocycles. The third-order valence-corrected chi connectivity index (χ3v) is 2.89. The summed E-state index contributed by atoms with van der Waals surface area (Å²) < 4.78 is 0. The molecule has 0 radical (unpaired) electrons. The van der Waals surface area contributed by atoms with E-state index in [4.69, 9.17) is 0 Å². The SMILES string of the molecule is CC(=O)[C@H]1NCC[C@H]1c1ccccc1. The summed E-state index contributed by atoms with van der Waals surface area (Å²) in [7, 11) is 0. The summed E-state index contributed by atoms with van der Waals surface area (Å²) >= 11 is 0. The molecule has 1 aromatic rings. The molecule has 1 saturated heterocycles. The molecule has 1 N–H and O–H groups in total. The van der Waals surface area contributed by atoms with Gasteiger partial charge in [-0.1, -0.05) is 30.3 Å². The van der Waals surface area contributed by atoms with Crippen molar-refractivity contribution in [3.63, 3.8) is 0 Å². The molecule has 0 amide bonds. The molecule has 2 heteroatoms. The molecule has 0 spiro atoms. The number of rotatable bonds is 2. The maximum atomic E-state index is 11.4. The molecule has 14 heavy (non-hydrogen) atoms. The fraction of sp³-hybridized carbons (Fsp3) is 0.417. The van der Waals surface area contributed by atoms with Gasteiger partial charge in [0.25, 0.3) is 0 Å². The normalized spacial score (nSPS) is 26.4. The quantitative estimate of drug-likeness (QED) is 0.767. The Kier molecular flexibility index (Phi) is 2.64. The number of carbonyl (C=O) groups excluding carboxylic acids is 1. The maximum absolute atomic E-state index is 11.4. The Balaban J connectivity index is 2.22. The molecule has 1 aliphatic rings. The van der Waals surface area contributed by atoms with Crippen molar-refractivity contribution in [2.24, 2.45) is 0 Å². The van der Waals surface area contributed by atoms with Crippen LogP contribution >= 0.6 is 0 Å². The van der Waals surface area contributed by atoms with Crippen molar-refractivity contribution in [3.8, 4) is 0 Å². The molecule has 1 aliphatic heterocycles. The highest BCUT2D eigenvalue weighted by Crippen LogP contribution is 2.27. The van der Waals surface area contributed by atoms with E-state index in [0.29, 0.717) is 5.92 Å². The van der Waals surface area contributed by atoms with Crippen molar-refractivity contribution in [3.05, 3.63) is 35.9 Å². The second-order valence-corrected chi connectivity index (χ2v) is 3.85. The molecule has 1 aromatic carbocycles. The van der Waals surface area contributed by atoms with Crippen LogP contribution in [-0.4, -0.2) is 18.4 Å². The predicted octanol–water partition coefficient (Wildman–Crippen LogP) is 1.72. The average Bonchev–Trinajstić information content (AvgIpc) is 2.67. The van der Waals surface area contributed by atoms with Crippen molar-refractivity contribution < 1.29 is 4.79 Å². The van der Waals surface area contributed by atoms with Gasteiger partial charge in [0.05, 0.1) is 6.04 Å². The van der Waals surface area contributed by atoms with Crippen molar-refractivity contribution in [1.82, 2.24) is 5.32 Å². The lowest BCUT2D eigenvalue weighted by atomic mass is 9.90. The summed E-state index contributed by atoms with van der Waals surface area (Å²) in [5.74, 6) is 0.616. The number of hydrogen-bond donors (Lipinski definition) is 1. The first-order valence-electron chi connectivity index (χ1n) is 5.08. The number of ketones is 1. The Morgan fingerprint density at radius 2 is 2.07 bits per heavy atom. The van der Waals surface area contributed by atoms with Gasteiger partial charge in [-0.2, -0.15) is 0 Å². The van der Waals surface area contributed by atoms with E-state index in [1.54, 1.807) is 6.92 Å². The Morgan fingerprint density at radius 3 is 2.71 bits per heavy atom. The lowest BCUT2D eigenvalue weighted by molar-refractivity contribution is -0.118. The summed E-state index contributed by atoms with van der Waals surface area (Å²) in [5, 5.41) is 3.26. The van der Waals surface area contributed by atoms with Gasteiger partial charge >= 0.3 is 0 Å². The minimum atomic E-state index is 0.0254. The molecule has 2 nitrogen and oxygen atoms in total. The Morgan fingerprint density at radius 1 is 1.36 bits per heavy atom. The van der Waals surface area contributed by atoms with Crippen LogP contribution in [0.5, 0.6) is 0 Å². The Hall–Kier alpha value is -1.15. The summed E-state index contributed by atoms with van der Waals surface area (Å²) in [5.41, 5.74) is 1.28.